The Morgan fingerprint density at radius 3 is 2.80 bits per heavy atom. The lowest BCUT2D eigenvalue weighted by Crippen LogP contribution is -2.14. The van der Waals surface area contributed by atoms with Gasteiger partial charge in [-0.3, -0.25) is 9.78 Å². The van der Waals surface area contributed by atoms with Gasteiger partial charge < -0.3 is 19.1 Å². The molecule has 0 aliphatic carbocycles. The topological polar surface area (TPSA) is 101 Å². The molecule has 2 aromatic carbocycles. The van der Waals surface area contributed by atoms with Crippen molar-refractivity contribution in [1.29, 1.82) is 0 Å². The standard InChI is InChI=1S/C26H15F2N3O4/c27-15-9-13-3-1-6-29-22(13)14(10-15)12-31-19-11-18(28)16-5-8-35-24(16)21(19)20(23(31)26(33)34)17-4-2-7-30-25(17)32/h1-11H,12H2,(H,30,32)(H,33,34). The van der Waals surface area contributed by atoms with Gasteiger partial charge in [-0.05, 0) is 42.5 Å². The monoisotopic (exact) mass is 471 g/mol. The van der Waals surface area contributed by atoms with E-state index in [9.17, 15) is 19.1 Å². The number of hydrogen-bond donors (Lipinski definition) is 2. The number of fused-ring (bicyclic) bond motifs is 4. The number of pyridine rings is 2. The summed E-state index contributed by atoms with van der Waals surface area (Å²) in [5.74, 6) is -2.48. The molecule has 0 saturated carbocycles. The van der Waals surface area contributed by atoms with E-state index in [1.165, 1.54) is 47.4 Å². The highest BCUT2D eigenvalue weighted by Gasteiger charge is 2.29. The average Bonchev–Trinajstić information content (AvgIpc) is 3.43. The molecule has 0 radical (unpaired) electrons. The number of aromatic amines is 1. The molecule has 4 aromatic heterocycles. The third-order valence-electron chi connectivity index (χ3n) is 6.08. The van der Waals surface area contributed by atoms with E-state index in [4.69, 9.17) is 4.42 Å². The molecule has 6 rings (SSSR count). The van der Waals surface area contributed by atoms with Gasteiger partial charge in [-0.2, -0.15) is 0 Å². The lowest BCUT2D eigenvalue weighted by Gasteiger charge is -2.12. The van der Waals surface area contributed by atoms with E-state index in [0.717, 1.165) is 0 Å². The van der Waals surface area contributed by atoms with Crippen LogP contribution in [0.2, 0.25) is 0 Å². The zero-order valence-electron chi connectivity index (χ0n) is 17.9. The quantitative estimate of drug-likeness (QED) is 0.363. The number of hydrogen-bond acceptors (Lipinski definition) is 4. The van der Waals surface area contributed by atoms with Crippen LogP contribution in [0.1, 0.15) is 16.1 Å². The van der Waals surface area contributed by atoms with Crippen LogP contribution in [0, 0.1) is 11.6 Å². The molecule has 4 heterocycles. The van der Waals surface area contributed by atoms with Crippen LogP contribution in [0.4, 0.5) is 8.78 Å². The molecule has 9 heteroatoms. The smallest absolute Gasteiger partial charge is 0.353 e. The first-order chi connectivity index (χ1) is 16.9. The zero-order chi connectivity index (χ0) is 24.3. The van der Waals surface area contributed by atoms with Crippen molar-refractivity contribution in [3.63, 3.8) is 0 Å². The number of carbonyl (C=O) groups is 1. The van der Waals surface area contributed by atoms with Gasteiger partial charge in [0.15, 0.2) is 0 Å². The van der Waals surface area contributed by atoms with Gasteiger partial charge in [-0.15, -0.1) is 0 Å². The van der Waals surface area contributed by atoms with Gasteiger partial charge in [0.25, 0.3) is 5.56 Å². The fourth-order valence-corrected chi connectivity index (χ4v) is 4.69. The van der Waals surface area contributed by atoms with Crippen LogP contribution >= 0.6 is 0 Å². The minimum atomic E-state index is -1.34. The molecule has 0 atom stereocenters. The first-order valence-electron chi connectivity index (χ1n) is 10.6. The fraction of sp³-hybridized carbons (Fsp3) is 0.0385. The Morgan fingerprint density at radius 1 is 1.14 bits per heavy atom. The van der Waals surface area contributed by atoms with Crippen molar-refractivity contribution in [3.05, 3.63) is 100 Å². The zero-order valence-corrected chi connectivity index (χ0v) is 17.9. The molecule has 7 nitrogen and oxygen atoms in total. The molecule has 0 saturated heterocycles. The molecule has 0 aliphatic heterocycles. The Morgan fingerprint density at radius 2 is 2.00 bits per heavy atom. The third-order valence-corrected chi connectivity index (χ3v) is 6.08. The number of aromatic carboxylic acids is 1. The molecule has 0 unspecified atom stereocenters. The summed E-state index contributed by atoms with van der Waals surface area (Å²) in [5, 5.41) is 11.3. The normalized spacial score (nSPS) is 11.6. The molecule has 0 aliphatic rings. The number of benzene rings is 2. The second-order valence-corrected chi connectivity index (χ2v) is 8.08. The summed E-state index contributed by atoms with van der Waals surface area (Å²) in [6, 6.07) is 11.7. The summed E-state index contributed by atoms with van der Waals surface area (Å²) in [7, 11) is 0. The Hall–Kier alpha value is -4.79. The van der Waals surface area contributed by atoms with Gasteiger partial charge in [0, 0.05) is 28.9 Å². The summed E-state index contributed by atoms with van der Waals surface area (Å²) < 4.78 is 36.4. The highest BCUT2D eigenvalue weighted by molar-refractivity contribution is 6.17. The minimum absolute atomic E-state index is 0.0835. The van der Waals surface area contributed by atoms with Crippen LogP contribution in [0.3, 0.4) is 0 Å². The van der Waals surface area contributed by atoms with Crippen LogP contribution < -0.4 is 5.56 Å². The number of carboxylic acid groups (broad SMARTS) is 1. The van der Waals surface area contributed by atoms with Crippen molar-refractivity contribution in [1.82, 2.24) is 14.5 Å². The maximum atomic E-state index is 15.0. The van der Waals surface area contributed by atoms with Gasteiger partial charge in [0.2, 0.25) is 0 Å². The van der Waals surface area contributed by atoms with E-state index < -0.39 is 23.2 Å². The number of rotatable bonds is 4. The summed E-state index contributed by atoms with van der Waals surface area (Å²) in [6.07, 6.45) is 4.28. The summed E-state index contributed by atoms with van der Waals surface area (Å²) in [4.78, 5) is 32.3. The summed E-state index contributed by atoms with van der Waals surface area (Å²) >= 11 is 0. The van der Waals surface area contributed by atoms with Gasteiger partial charge in [0.05, 0.1) is 40.2 Å². The van der Waals surface area contributed by atoms with Crippen molar-refractivity contribution in [2.45, 2.75) is 6.54 Å². The number of nitrogens with zero attached hydrogens (tertiary/aromatic N) is 2. The van der Waals surface area contributed by atoms with Crippen molar-refractivity contribution < 1.29 is 23.1 Å². The number of aromatic nitrogens is 3. The second-order valence-electron chi connectivity index (χ2n) is 8.08. The Balaban J connectivity index is 1.77. The molecule has 0 fully saturated rings. The third kappa shape index (κ3) is 3.12. The molecule has 2 N–H and O–H groups in total. The maximum absolute atomic E-state index is 15.0. The number of H-pyrrole nitrogens is 1. The molecule has 35 heavy (non-hydrogen) atoms. The van der Waals surface area contributed by atoms with Crippen LogP contribution in [-0.4, -0.2) is 25.6 Å². The van der Waals surface area contributed by atoms with Crippen LogP contribution in [0.5, 0.6) is 0 Å². The summed E-state index contributed by atoms with van der Waals surface area (Å²) in [6.45, 7) is -0.139. The number of halogens is 2. The predicted molar refractivity (Wildman–Crippen MR) is 125 cm³/mol. The van der Waals surface area contributed by atoms with Gasteiger partial charge in [-0.25, -0.2) is 13.6 Å². The first kappa shape index (κ1) is 20.8. The SMILES string of the molecule is O=C(O)c1c(-c2ccc[nH]c2=O)c2c3occc3c(F)cc2n1Cc1cc(F)cc2cccnc12. The van der Waals surface area contributed by atoms with Gasteiger partial charge in [-0.1, -0.05) is 6.07 Å². The average molecular weight is 471 g/mol. The number of carboxylic acids is 1. The van der Waals surface area contributed by atoms with Crippen molar-refractivity contribution in [3.8, 4) is 11.1 Å². The van der Waals surface area contributed by atoms with Gasteiger partial charge in [0.1, 0.15) is 22.9 Å². The molecule has 6 aromatic rings. The van der Waals surface area contributed by atoms with Crippen molar-refractivity contribution in [2.75, 3.05) is 0 Å². The fourth-order valence-electron chi connectivity index (χ4n) is 4.69. The predicted octanol–water partition coefficient (Wildman–Crippen LogP) is 5.32. The summed E-state index contributed by atoms with van der Waals surface area (Å²) in [5.41, 5.74) is 0.572. The Bertz CT molecular complexity index is 1870. The molecule has 0 bridgehead atoms. The van der Waals surface area contributed by atoms with E-state index >= 15 is 4.39 Å². The molecule has 172 valence electrons. The minimum Gasteiger partial charge on any atom is -0.477 e. The molecular formula is C26H15F2N3O4. The second kappa shape index (κ2) is 7.63. The lowest BCUT2D eigenvalue weighted by atomic mass is 10.0. The van der Waals surface area contributed by atoms with Gasteiger partial charge >= 0.3 is 5.97 Å². The lowest BCUT2D eigenvalue weighted by molar-refractivity contribution is 0.0687. The number of furan rings is 1. The highest BCUT2D eigenvalue weighted by atomic mass is 19.1. The Labute approximate surface area is 194 Å². The highest BCUT2D eigenvalue weighted by Crippen LogP contribution is 2.40. The Kier molecular flexibility index (Phi) is 4.53. The maximum Gasteiger partial charge on any atom is 0.353 e. The van der Waals surface area contributed by atoms with Crippen molar-refractivity contribution in [2.24, 2.45) is 0 Å². The van der Waals surface area contributed by atoms with Crippen LogP contribution in [0.15, 0.2) is 76.4 Å². The van der Waals surface area contributed by atoms with E-state index in [0.29, 0.717) is 16.5 Å². The van der Waals surface area contributed by atoms with Crippen molar-refractivity contribution >= 4 is 38.7 Å². The van der Waals surface area contributed by atoms with Crippen LogP contribution in [-0.2, 0) is 6.54 Å². The molecular weight excluding hydrogens is 456 g/mol. The van der Waals surface area contributed by atoms with E-state index in [-0.39, 0.29) is 45.2 Å². The molecule has 0 spiro atoms. The first-order valence-corrected chi connectivity index (χ1v) is 10.6. The van der Waals surface area contributed by atoms with E-state index in [1.807, 2.05) is 0 Å². The largest absolute Gasteiger partial charge is 0.477 e. The van der Waals surface area contributed by atoms with Crippen LogP contribution in [0.25, 0.3) is 43.9 Å². The van der Waals surface area contributed by atoms with E-state index in [1.54, 1.807) is 24.4 Å². The molecule has 0 amide bonds. The van der Waals surface area contributed by atoms with E-state index in [2.05, 4.69) is 9.97 Å². The number of nitrogens with one attached hydrogen (secondary N) is 1.